The molecular weight excluding hydrogens is 468 g/mol. The molecule has 0 atom stereocenters. The summed E-state index contributed by atoms with van der Waals surface area (Å²) in [5.41, 5.74) is 4.14. The van der Waals surface area contributed by atoms with E-state index in [0.29, 0.717) is 18.7 Å². The molecule has 2 aromatic carbocycles. The van der Waals surface area contributed by atoms with Gasteiger partial charge in [0.05, 0.1) is 19.3 Å². The summed E-state index contributed by atoms with van der Waals surface area (Å²) in [6.45, 7) is 6.37. The monoisotopic (exact) mass is 514 g/mol. The molecule has 0 saturated carbocycles. The molecule has 1 heterocycles. The Morgan fingerprint density at radius 1 is 0.838 bits per heavy atom. The Balaban J connectivity index is 1.84. The topological polar surface area (TPSA) is 21.5 Å². The first-order valence-corrected chi connectivity index (χ1v) is 14.5. The number of hydrogen-bond acceptors (Lipinski definition) is 2. The number of halogens is 2. The summed E-state index contributed by atoms with van der Waals surface area (Å²) in [4.78, 5) is 0. The summed E-state index contributed by atoms with van der Waals surface area (Å²) in [7, 11) is 1.70. The van der Waals surface area contributed by atoms with E-state index in [0.717, 1.165) is 49.8 Å². The Hall–Kier alpha value is -2.43. The summed E-state index contributed by atoms with van der Waals surface area (Å²) in [5, 5.41) is 0. The van der Waals surface area contributed by atoms with Gasteiger partial charge in [-0.3, -0.25) is 0 Å². The van der Waals surface area contributed by atoms with Gasteiger partial charge in [0.2, 0.25) is 0 Å². The molecule has 204 valence electrons. The number of fused-ring (bicyclic) bond motifs is 1. The Morgan fingerprint density at radius 3 is 2.24 bits per heavy atom. The molecule has 0 aliphatic carbocycles. The van der Waals surface area contributed by atoms with Crippen LogP contribution in [0.3, 0.4) is 0 Å². The van der Waals surface area contributed by atoms with Crippen LogP contribution in [0.25, 0.3) is 0 Å². The van der Waals surface area contributed by atoms with Crippen molar-refractivity contribution in [1.29, 1.82) is 0 Å². The van der Waals surface area contributed by atoms with E-state index in [1.807, 2.05) is 6.07 Å². The molecule has 2 aromatic rings. The largest absolute Gasteiger partial charge is 0.493 e. The molecule has 0 unspecified atom stereocenters. The first kappa shape index (κ1) is 29.1. The third-order valence-electron chi connectivity index (χ3n) is 7.41. The average Bonchev–Trinajstić information content (AvgIpc) is 2.90. The summed E-state index contributed by atoms with van der Waals surface area (Å²) in [5.74, 6) is 0.630. The predicted molar refractivity (Wildman–Crippen MR) is 148 cm³/mol. The summed E-state index contributed by atoms with van der Waals surface area (Å²) in [6, 6.07) is 8.05. The number of unbranched alkanes of at least 4 members (excludes halogenated alkanes) is 9. The zero-order valence-electron chi connectivity index (χ0n) is 23.2. The zero-order chi connectivity index (χ0) is 26.5. The lowest BCUT2D eigenvalue weighted by molar-refractivity contribution is -0.546. The first-order chi connectivity index (χ1) is 18.1. The van der Waals surface area contributed by atoms with Gasteiger partial charge in [-0.2, -0.15) is 0 Å². The maximum Gasteiger partial charge on any atom is 0.184 e. The maximum atomic E-state index is 14.5. The number of ether oxygens (including phenoxy) is 2. The molecule has 0 fully saturated rings. The Kier molecular flexibility index (Phi) is 12.4. The number of methoxy groups -OCH3 is 1. The van der Waals surface area contributed by atoms with Gasteiger partial charge in [0, 0.05) is 30.0 Å². The number of rotatable bonds is 17. The fourth-order valence-electron chi connectivity index (χ4n) is 5.27. The van der Waals surface area contributed by atoms with E-state index in [-0.39, 0.29) is 0 Å². The van der Waals surface area contributed by atoms with E-state index in [1.54, 1.807) is 13.2 Å². The van der Waals surface area contributed by atoms with Crippen molar-refractivity contribution in [3.8, 4) is 11.5 Å². The van der Waals surface area contributed by atoms with Gasteiger partial charge in [0.1, 0.15) is 18.2 Å². The predicted octanol–water partition coefficient (Wildman–Crippen LogP) is 8.63. The van der Waals surface area contributed by atoms with Crippen molar-refractivity contribution in [3.63, 3.8) is 0 Å². The maximum absolute atomic E-state index is 14.5. The van der Waals surface area contributed by atoms with Gasteiger partial charge < -0.3 is 9.47 Å². The van der Waals surface area contributed by atoms with Crippen LogP contribution in [-0.2, 0) is 13.0 Å². The van der Waals surface area contributed by atoms with Crippen LogP contribution >= 0.6 is 0 Å². The minimum Gasteiger partial charge on any atom is -0.493 e. The van der Waals surface area contributed by atoms with Crippen LogP contribution in [0, 0.1) is 11.6 Å². The smallest absolute Gasteiger partial charge is 0.184 e. The summed E-state index contributed by atoms with van der Waals surface area (Å²) >= 11 is 0. The van der Waals surface area contributed by atoms with Gasteiger partial charge in [0.15, 0.2) is 23.8 Å². The molecule has 0 N–H and O–H groups in total. The molecule has 0 bridgehead atoms. The zero-order valence-corrected chi connectivity index (χ0v) is 23.2. The lowest BCUT2D eigenvalue weighted by atomic mass is 9.92. The second-order valence-electron chi connectivity index (χ2n) is 10.3. The van der Waals surface area contributed by atoms with Gasteiger partial charge in [-0.05, 0) is 37.1 Å². The molecule has 0 amide bonds. The highest BCUT2D eigenvalue weighted by Crippen LogP contribution is 2.37. The van der Waals surface area contributed by atoms with E-state index >= 15 is 0 Å². The van der Waals surface area contributed by atoms with Crippen LogP contribution in [-0.4, -0.2) is 30.5 Å². The van der Waals surface area contributed by atoms with Crippen molar-refractivity contribution in [3.05, 3.63) is 58.7 Å². The van der Waals surface area contributed by atoms with Crippen molar-refractivity contribution in [2.45, 2.75) is 104 Å². The van der Waals surface area contributed by atoms with Gasteiger partial charge in [-0.1, -0.05) is 71.6 Å². The molecule has 3 rings (SSSR count). The van der Waals surface area contributed by atoms with Gasteiger partial charge in [0.25, 0.3) is 0 Å². The van der Waals surface area contributed by atoms with Crippen molar-refractivity contribution in [1.82, 2.24) is 0 Å². The summed E-state index contributed by atoms with van der Waals surface area (Å²) < 4.78 is 42.4. The molecule has 1 aliphatic heterocycles. The van der Waals surface area contributed by atoms with Gasteiger partial charge >= 0.3 is 0 Å². The standard InChI is InChI=1S/C32H46F2NO2/c1-4-6-8-10-12-14-22-37-32-28-20-21-35(24-25-16-17-26(33)23-29(25)34)30(15-13-11-9-7-5-2)27(28)18-19-31(32)36-3/h16-19,23H,4-15,20-22,24H2,1-3H3/q+1. The van der Waals surface area contributed by atoms with Crippen LogP contribution in [0.5, 0.6) is 11.5 Å². The number of nitrogens with zero attached hydrogens (tertiary/aromatic N) is 1. The normalized spacial score (nSPS) is 13.1. The molecule has 0 spiro atoms. The van der Waals surface area contributed by atoms with Crippen LogP contribution in [0.4, 0.5) is 8.78 Å². The van der Waals surface area contributed by atoms with Crippen LogP contribution < -0.4 is 9.47 Å². The molecule has 0 aromatic heterocycles. The van der Waals surface area contributed by atoms with Crippen LogP contribution in [0.1, 0.15) is 108 Å². The second-order valence-corrected chi connectivity index (χ2v) is 10.3. The van der Waals surface area contributed by atoms with E-state index in [2.05, 4.69) is 24.5 Å². The highest BCUT2D eigenvalue weighted by Gasteiger charge is 2.30. The van der Waals surface area contributed by atoms with Crippen molar-refractivity contribution in [2.24, 2.45) is 0 Å². The van der Waals surface area contributed by atoms with E-state index in [4.69, 9.17) is 9.47 Å². The molecule has 3 nitrogen and oxygen atoms in total. The van der Waals surface area contributed by atoms with Crippen molar-refractivity contribution >= 4 is 5.71 Å². The van der Waals surface area contributed by atoms with Crippen molar-refractivity contribution < 1.29 is 22.8 Å². The Labute approximate surface area is 222 Å². The van der Waals surface area contributed by atoms with E-state index in [1.165, 1.54) is 80.7 Å². The number of hydrogen-bond donors (Lipinski definition) is 0. The summed E-state index contributed by atoms with van der Waals surface area (Å²) in [6.07, 6.45) is 15.1. The SMILES string of the molecule is CCCCCCCCOc1c(OC)ccc2c1CC[N+](Cc1ccc(F)cc1F)=C2CCCCCCC. The van der Waals surface area contributed by atoms with E-state index in [9.17, 15) is 8.78 Å². The minimum absolute atomic E-state index is 0.440. The molecule has 0 radical (unpaired) electrons. The molecule has 0 saturated heterocycles. The van der Waals surface area contributed by atoms with Gasteiger partial charge in [-0.25, -0.2) is 13.4 Å². The Morgan fingerprint density at radius 2 is 1.54 bits per heavy atom. The molecule has 5 heteroatoms. The molecule has 1 aliphatic rings. The van der Waals surface area contributed by atoms with Crippen LogP contribution in [0.15, 0.2) is 30.3 Å². The molecular formula is C32H46F2NO2+. The molecule has 37 heavy (non-hydrogen) atoms. The highest BCUT2D eigenvalue weighted by molar-refractivity contribution is 5.99. The lowest BCUT2D eigenvalue weighted by Crippen LogP contribution is -2.30. The van der Waals surface area contributed by atoms with Crippen LogP contribution in [0.2, 0.25) is 0 Å². The highest BCUT2D eigenvalue weighted by atomic mass is 19.1. The fourth-order valence-corrected chi connectivity index (χ4v) is 5.27. The minimum atomic E-state index is -0.537. The third kappa shape index (κ3) is 8.55. The van der Waals surface area contributed by atoms with Crippen molar-refractivity contribution in [2.75, 3.05) is 20.3 Å². The first-order valence-electron chi connectivity index (χ1n) is 14.5. The third-order valence-corrected chi connectivity index (χ3v) is 7.41. The second kappa shape index (κ2) is 15.7. The quantitative estimate of drug-likeness (QED) is 0.156. The fraction of sp³-hybridized carbons (Fsp3) is 0.594. The number of benzene rings is 2. The average molecular weight is 515 g/mol. The lowest BCUT2D eigenvalue weighted by Gasteiger charge is -2.23. The van der Waals surface area contributed by atoms with E-state index < -0.39 is 11.6 Å². The Bertz CT molecular complexity index is 1020. The van der Waals surface area contributed by atoms with Gasteiger partial charge in [-0.15, -0.1) is 0 Å².